The summed E-state index contributed by atoms with van der Waals surface area (Å²) in [6.07, 6.45) is 7.01. The average molecular weight is 187 g/mol. The second-order valence-corrected chi connectivity index (χ2v) is 3.13. The minimum absolute atomic E-state index is 0.139. The first kappa shape index (κ1) is 8.69. The van der Waals surface area contributed by atoms with Gasteiger partial charge in [0.1, 0.15) is 0 Å². The average Bonchev–Trinajstić information content (AvgIpc) is 2.71. The minimum atomic E-state index is -0.384. The van der Waals surface area contributed by atoms with E-state index in [9.17, 15) is 10.1 Å². The molecule has 3 heteroatoms. The first-order valence-electron chi connectivity index (χ1n) is 4.38. The van der Waals surface area contributed by atoms with Gasteiger partial charge in [-0.3, -0.25) is 10.1 Å². The molecular formula is C11H9NO2. The Kier molecular flexibility index (Phi) is 2.14. The molecule has 0 unspecified atom stereocenters. The maximum Gasteiger partial charge on any atom is 0.269 e. The summed E-state index contributed by atoms with van der Waals surface area (Å²) in [7, 11) is 0. The Balaban J connectivity index is 2.26. The van der Waals surface area contributed by atoms with Crippen LogP contribution < -0.4 is 0 Å². The molecule has 0 atom stereocenters. The molecule has 0 saturated carbocycles. The van der Waals surface area contributed by atoms with Crippen LogP contribution in [0.3, 0.4) is 0 Å². The number of hydrogen-bond donors (Lipinski definition) is 0. The van der Waals surface area contributed by atoms with Crippen LogP contribution >= 0.6 is 0 Å². The smallest absolute Gasteiger partial charge is 0.258 e. The molecule has 1 aromatic rings. The molecule has 1 aliphatic carbocycles. The zero-order valence-electron chi connectivity index (χ0n) is 7.51. The Hall–Kier alpha value is -1.90. The maximum atomic E-state index is 10.4. The van der Waals surface area contributed by atoms with Crippen molar-refractivity contribution >= 4 is 11.3 Å². The summed E-state index contributed by atoms with van der Waals surface area (Å²) in [4.78, 5) is 10.0. The van der Waals surface area contributed by atoms with Gasteiger partial charge in [0.05, 0.1) is 4.92 Å². The first-order chi connectivity index (χ1) is 6.77. The van der Waals surface area contributed by atoms with E-state index >= 15 is 0 Å². The Morgan fingerprint density at radius 3 is 2.43 bits per heavy atom. The molecule has 0 aliphatic heterocycles. The van der Waals surface area contributed by atoms with Gasteiger partial charge in [0.15, 0.2) is 0 Å². The van der Waals surface area contributed by atoms with Crippen molar-refractivity contribution in [2.45, 2.75) is 6.42 Å². The summed E-state index contributed by atoms with van der Waals surface area (Å²) in [5, 5.41) is 10.4. The van der Waals surface area contributed by atoms with Crippen molar-refractivity contribution in [1.29, 1.82) is 0 Å². The van der Waals surface area contributed by atoms with Gasteiger partial charge in [0, 0.05) is 12.1 Å². The van der Waals surface area contributed by atoms with E-state index in [2.05, 4.69) is 6.08 Å². The Morgan fingerprint density at radius 1 is 1.21 bits per heavy atom. The fraction of sp³-hybridized carbons (Fsp3) is 0.0909. The predicted octanol–water partition coefficient (Wildman–Crippen LogP) is 2.94. The summed E-state index contributed by atoms with van der Waals surface area (Å²) in [6.45, 7) is 0. The zero-order chi connectivity index (χ0) is 9.97. The predicted molar refractivity (Wildman–Crippen MR) is 54.8 cm³/mol. The van der Waals surface area contributed by atoms with E-state index in [1.807, 2.05) is 12.2 Å². The molecule has 0 aromatic heterocycles. The van der Waals surface area contributed by atoms with E-state index in [0.717, 1.165) is 12.0 Å². The van der Waals surface area contributed by atoms with Gasteiger partial charge in [-0.05, 0) is 29.7 Å². The summed E-state index contributed by atoms with van der Waals surface area (Å²) in [6, 6.07) is 6.65. The lowest BCUT2D eigenvalue weighted by atomic mass is 10.1. The number of nitro benzene ring substituents is 1. The number of non-ortho nitro benzene ring substituents is 1. The molecule has 0 spiro atoms. The molecule has 0 amide bonds. The molecular weight excluding hydrogens is 178 g/mol. The van der Waals surface area contributed by atoms with E-state index in [1.54, 1.807) is 12.1 Å². The molecule has 1 aromatic carbocycles. The van der Waals surface area contributed by atoms with Crippen molar-refractivity contribution in [3.8, 4) is 0 Å². The summed E-state index contributed by atoms with van der Waals surface area (Å²) >= 11 is 0. The Morgan fingerprint density at radius 2 is 1.93 bits per heavy atom. The van der Waals surface area contributed by atoms with Gasteiger partial charge < -0.3 is 0 Å². The van der Waals surface area contributed by atoms with Crippen molar-refractivity contribution < 1.29 is 4.92 Å². The maximum absolute atomic E-state index is 10.4. The molecule has 0 saturated heterocycles. The van der Waals surface area contributed by atoms with Crippen LogP contribution in [0.1, 0.15) is 12.0 Å². The van der Waals surface area contributed by atoms with Crippen LogP contribution in [0.2, 0.25) is 0 Å². The fourth-order valence-electron chi connectivity index (χ4n) is 1.46. The van der Waals surface area contributed by atoms with Crippen LogP contribution in [-0.4, -0.2) is 4.92 Å². The molecule has 70 valence electrons. The molecule has 14 heavy (non-hydrogen) atoms. The second kappa shape index (κ2) is 3.46. The topological polar surface area (TPSA) is 43.1 Å². The van der Waals surface area contributed by atoms with E-state index in [4.69, 9.17) is 0 Å². The monoisotopic (exact) mass is 187 g/mol. The van der Waals surface area contributed by atoms with Crippen LogP contribution in [0, 0.1) is 10.1 Å². The highest BCUT2D eigenvalue weighted by Gasteiger charge is 2.06. The number of allylic oxidation sites excluding steroid dienone is 4. The number of nitro groups is 1. The quantitative estimate of drug-likeness (QED) is 0.527. The van der Waals surface area contributed by atoms with Crippen LogP contribution in [0.4, 0.5) is 5.69 Å². The Bertz CT molecular complexity index is 415. The van der Waals surface area contributed by atoms with Crippen LogP contribution in [0.5, 0.6) is 0 Å². The number of rotatable bonds is 2. The lowest BCUT2D eigenvalue weighted by Gasteiger charge is -2.00. The van der Waals surface area contributed by atoms with Crippen LogP contribution in [0.25, 0.3) is 5.57 Å². The van der Waals surface area contributed by atoms with Crippen LogP contribution in [0.15, 0.2) is 42.5 Å². The number of benzene rings is 1. The molecule has 3 nitrogen and oxygen atoms in total. The highest BCUT2D eigenvalue weighted by Crippen LogP contribution is 2.24. The van der Waals surface area contributed by atoms with Crippen molar-refractivity contribution in [1.82, 2.24) is 0 Å². The van der Waals surface area contributed by atoms with Gasteiger partial charge in [0.25, 0.3) is 5.69 Å². The molecule has 0 radical (unpaired) electrons. The van der Waals surface area contributed by atoms with Crippen molar-refractivity contribution in [3.05, 3.63) is 58.2 Å². The highest BCUT2D eigenvalue weighted by atomic mass is 16.6. The lowest BCUT2D eigenvalue weighted by Crippen LogP contribution is -1.88. The van der Waals surface area contributed by atoms with E-state index in [0.29, 0.717) is 0 Å². The van der Waals surface area contributed by atoms with Gasteiger partial charge in [-0.15, -0.1) is 0 Å². The minimum Gasteiger partial charge on any atom is -0.258 e. The second-order valence-electron chi connectivity index (χ2n) is 3.13. The summed E-state index contributed by atoms with van der Waals surface area (Å²) in [5.74, 6) is 0. The number of hydrogen-bond acceptors (Lipinski definition) is 2. The zero-order valence-corrected chi connectivity index (χ0v) is 7.51. The van der Waals surface area contributed by atoms with Gasteiger partial charge in [-0.1, -0.05) is 18.2 Å². The Labute approximate surface area is 81.5 Å². The third kappa shape index (κ3) is 1.57. The van der Waals surface area contributed by atoms with Crippen molar-refractivity contribution in [3.63, 3.8) is 0 Å². The molecule has 0 heterocycles. The normalized spacial score (nSPS) is 14.1. The van der Waals surface area contributed by atoms with E-state index < -0.39 is 0 Å². The van der Waals surface area contributed by atoms with Gasteiger partial charge in [-0.2, -0.15) is 0 Å². The summed E-state index contributed by atoms with van der Waals surface area (Å²) < 4.78 is 0. The first-order valence-corrected chi connectivity index (χ1v) is 4.38. The third-order valence-corrected chi connectivity index (χ3v) is 2.22. The van der Waals surface area contributed by atoms with E-state index in [1.165, 1.54) is 17.7 Å². The molecule has 0 fully saturated rings. The lowest BCUT2D eigenvalue weighted by molar-refractivity contribution is -0.384. The third-order valence-electron chi connectivity index (χ3n) is 2.22. The van der Waals surface area contributed by atoms with Gasteiger partial charge in [-0.25, -0.2) is 0 Å². The van der Waals surface area contributed by atoms with Crippen LogP contribution in [-0.2, 0) is 0 Å². The van der Waals surface area contributed by atoms with Crippen molar-refractivity contribution in [2.24, 2.45) is 0 Å². The molecule has 0 N–H and O–H groups in total. The standard InChI is InChI=1S/C11H9NO2/c13-12(14)11-7-5-10(6-8-11)9-3-1-2-4-9/h1-3,5-8H,4H2. The van der Waals surface area contributed by atoms with Crippen molar-refractivity contribution in [2.75, 3.05) is 0 Å². The fourth-order valence-corrected chi connectivity index (χ4v) is 1.46. The molecule has 2 rings (SSSR count). The summed E-state index contributed by atoms with van der Waals surface area (Å²) in [5.41, 5.74) is 2.40. The largest absolute Gasteiger partial charge is 0.269 e. The SMILES string of the molecule is O=[N+]([O-])c1ccc(C2=CC=CC2)cc1. The van der Waals surface area contributed by atoms with Gasteiger partial charge in [0.2, 0.25) is 0 Å². The highest BCUT2D eigenvalue weighted by molar-refractivity contribution is 5.71. The number of nitrogens with zero attached hydrogens (tertiary/aromatic N) is 1. The van der Waals surface area contributed by atoms with Gasteiger partial charge >= 0.3 is 0 Å². The molecule has 1 aliphatic rings. The van der Waals surface area contributed by atoms with E-state index in [-0.39, 0.29) is 10.6 Å². The molecule has 0 bridgehead atoms.